The van der Waals surface area contributed by atoms with Crippen molar-refractivity contribution in [3.63, 3.8) is 0 Å². The van der Waals surface area contributed by atoms with Gasteiger partial charge < -0.3 is 25.6 Å². The van der Waals surface area contributed by atoms with E-state index in [2.05, 4.69) is 25.6 Å². The van der Waals surface area contributed by atoms with E-state index in [-0.39, 0.29) is 12.4 Å². The number of aromatic nitrogens is 3. The van der Waals surface area contributed by atoms with E-state index in [9.17, 15) is 36.3 Å². The fraction of sp³-hybridized carbons (Fsp3) is 0.556. The molecule has 16 heteroatoms. The average molecular weight is 614 g/mol. The van der Waals surface area contributed by atoms with Crippen molar-refractivity contribution >= 4 is 23.7 Å². The molecule has 0 radical (unpaired) electrons. The van der Waals surface area contributed by atoms with E-state index < -0.39 is 66.2 Å². The SMILES string of the molecule is COC[C@H](c1ccnc(NC(=O)C(NC(=O)C(F)(F)c2cnccn2)C2CCC(C)CC2)c1)N1C[C@@H](C(F)(F)F)NC1=O. The van der Waals surface area contributed by atoms with Gasteiger partial charge in [0.05, 0.1) is 25.4 Å². The Labute approximate surface area is 244 Å². The number of methoxy groups -OCH3 is 1. The van der Waals surface area contributed by atoms with Crippen LogP contribution >= 0.6 is 0 Å². The molecule has 2 aromatic rings. The van der Waals surface area contributed by atoms with E-state index in [0.717, 1.165) is 30.1 Å². The molecule has 2 fully saturated rings. The van der Waals surface area contributed by atoms with Gasteiger partial charge in [0.15, 0.2) is 0 Å². The molecule has 0 spiro atoms. The summed E-state index contributed by atoms with van der Waals surface area (Å²) in [6, 6.07) is -2.51. The smallest absolute Gasteiger partial charge is 0.382 e. The minimum atomic E-state index is -4.65. The highest BCUT2D eigenvalue weighted by atomic mass is 19.4. The third-order valence-corrected chi connectivity index (χ3v) is 7.72. The minimum Gasteiger partial charge on any atom is -0.382 e. The number of anilines is 1. The Morgan fingerprint density at radius 2 is 1.84 bits per heavy atom. The monoisotopic (exact) mass is 613 g/mol. The van der Waals surface area contributed by atoms with Crippen molar-refractivity contribution in [1.29, 1.82) is 0 Å². The molecule has 1 saturated carbocycles. The van der Waals surface area contributed by atoms with Crippen molar-refractivity contribution < 1.29 is 41.1 Å². The summed E-state index contributed by atoms with van der Waals surface area (Å²) in [7, 11) is 1.32. The van der Waals surface area contributed by atoms with Crippen LogP contribution in [0.4, 0.5) is 32.6 Å². The molecule has 3 N–H and O–H groups in total. The van der Waals surface area contributed by atoms with E-state index in [0.29, 0.717) is 24.3 Å². The number of nitrogens with zero attached hydrogens (tertiary/aromatic N) is 4. The fourth-order valence-corrected chi connectivity index (χ4v) is 5.29. The van der Waals surface area contributed by atoms with Crippen LogP contribution in [0.3, 0.4) is 0 Å². The molecule has 2 aromatic heterocycles. The summed E-state index contributed by atoms with van der Waals surface area (Å²) in [5.41, 5.74) is -0.562. The number of alkyl halides is 5. The summed E-state index contributed by atoms with van der Waals surface area (Å²) in [6.07, 6.45) is 2.06. The number of amides is 4. The highest BCUT2D eigenvalue weighted by molar-refractivity contribution is 5.98. The second-order valence-corrected chi connectivity index (χ2v) is 10.8. The molecule has 3 heterocycles. The van der Waals surface area contributed by atoms with Crippen LogP contribution < -0.4 is 16.0 Å². The topological polar surface area (TPSA) is 138 Å². The number of carbonyl (C=O) groups excluding carboxylic acids is 3. The first-order valence-electron chi connectivity index (χ1n) is 13.7. The number of urea groups is 1. The zero-order chi connectivity index (χ0) is 31.4. The standard InChI is InChI=1S/C27H32F5N7O4/c1-15-3-5-16(6-4-15)22(38-24(41)26(28,29)19-12-33-9-10-34-19)23(40)37-21-11-17(7-8-35-21)18(14-43-2)39-13-20(27(30,31)32)36-25(39)42/h7-12,15-16,18,20,22H,3-6,13-14H2,1-2H3,(H,36,42)(H,38,41)(H,35,37,40)/t15?,16?,18-,20+,22?/m1/s1. The third kappa shape index (κ3) is 7.53. The van der Waals surface area contributed by atoms with E-state index in [4.69, 9.17) is 4.74 Å². The predicted octanol–water partition coefficient (Wildman–Crippen LogP) is 3.56. The number of ether oxygens (including phenoxy) is 1. The van der Waals surface area contributed by atoms with Gasteiger partial charge in [-0.3, -0.25) is 19.6 Å². The van der Waals surface area contributed by atoms with Gasteiger partial charge in [0, 0.05) is 25.7 Å². The number of nitrogens with one attached hydrogen (secondary N) is 3. The van der Waals surface area contributed by atoms with Crippen molar-refractivity contribution in [2.24, 2.45) is 11.8 Å². The molecule has 0 bridgehead atoms. The molecule has 1 saturated heterocycles. The number of hydrogen-bond donors (Lipinski definition) is 3. The van der Waals surface area contributed by atoms with Crippen molar-refractivity contribution in [1.82, 2.24) is 30.5 Å². The molecule has 4 rings (SSSR count). The molecule has 1 aliphatic heterocycles. The van der Waals surface area contributed by atoms with Crippen LogP contribution in [0.1, 0.15) is 49.9 Å². The van der Waals surface area contributed by atoms with Crippen LogP contribution in [0.5, 0.6) is 0 Å². The number of carbonyl (C=O) groups is 3. The zero-order valence-electron chi connectivity index (χ0n) is 23.4. The lowest BCUT2D eigenvalue weighted by Gasteiger charge is -2.33. The lowest BCUT2D eigenvalue weighted by atomic mass is 9.79. The lowest BCUT2D eigenvalue weighted by molar-refractivity contribution is -0.150. The van der Waals surface area contributed by atoms with Crippen LogP contribution in [-0.4, -0.2) is 76.2 Å². The number of rotatable bonds is 10. The molecule has 234 valence electrons. The van der Waals surface area contributed by atoms with Gasteiger partial charge in [-0.05, 0) is 42.4 Å². The van der Waals surface area contributed by atoms with Gasteiger partial charge >= 0.3 is 18.1 Å². The second kappa shape index (κ2) is 13.1. The van der Waals surface area contributed by atoms with E-state index in [1.807, 2.05) is 12.2 Å². The van der Waals surface area contributed by atoms with Crippen LogP contribution in [0.25, 0.3) is 0 Å². The lowest BCUT2D eigenvalue weighted by Crippen LogP contribution is -2.53. The summed E-state index contributed by atoms with van der Waals surface area (Å²) in [5, 5.41) is 6.65. The van der Waals surface area contributed by atoms with Crippen LogP contribution in [-0.2, 0) is 20.2 Å². The van der Waals surface area contributed by atoms with Crippen molar-refractivity contribution in [3.05, 3.63) is 48.2 Å². The van der Waals surface area contributed by atoms with Crippen molar-refractivity contribution in [2.75, 3.05) is 25.6 Å². The average Bonchev–Trinajstić information content (AvgIpc) is 3.37. The Kier molecular flexibility index (Phi) is 9.77. The van der Waals surface area contributed by atoms with Crippen molar-refractivity contribution in [2.45, 2.75) is 62.8 Å². The Morgan fingerprint density at radius 3 is 2.44 bits per heavy atom. The summed E-state index contributed by atoms with van der Waals surface area (Å²) in [5.74, 6) is -6.72. The Hall–Kier alpha value is -3.95. The molecule has 43 heavy (non-hydrogen) atoms. The van der Waals surface area contributed by atoms with E-state index in [1.165, 1.54) is 31.6 Å². The van der Waals surface area contributed by atoms with Gasteiger partial charge in [0.1, 0.15) is 23.6 Å². The number of halogens is 5. The minimum absolute atomic E-state index is 0.0558. The van der Waals surface area contributed by atoms with Gasteiger partial charge in [-0.2, -0.15) is 22.0 Å². The molecule has 0 aromatic carbocycles. The van der Waals surface area contributed by atoms with Crippen LogP contribution in [0, 0.1) is 11.8 Å². The summed E-state index contributed by atoms with van der Waals surface area (Å²) in [4.78, 5) is 50.9. The molecule has 2 aliphatic rings. The highest BCUT2D eigenvalue weighted by Crippen LogP contribution is 2.34. The maximum absolute atomic E-state index is 14.9. The first kappa shape index (κ1) is 32.0. The molecule has 4 amide bonds. The van der Waals surface area contributed by atoms with Gasteiger partial charge in [-0.15, -0.1) is 0 Å². The molecule has 11 nitrogen and oxygen atoms in total. The number of hydrogen-bond acceptors (Lipinski definition) is 7. The molecule has 1 unspecified atom stereocenters. The Morgan fingerprint density at radius 1 is 1.12 bits per heavy atom. The van der Waals surface area contributed by atoms with Gasteiger partial charge in [0.2, 0.25) is 5.91 Å². The van der Waals surface area contributed by atoms with Crippen LogP contribution in [0.15, 0.2) is 36.9 Å². The quantitative estimate of drug-likeness (QED) is 0.349. The Balaban J connectivity index is 1.55. The zero-order valence-corrected chi connectivity index (χ0v) is 23.4. The van der Waals surface area contributed by atoms with Gasteiger partial charge in [-0.25, -0.2) is 9.78 Å². The fourth-order valence-electron chi connectivity index (χ4n) is 5.29. The second-order valence-electron chi connectivity index (χ2n) is 10.8. The largest absolute Gasteiger partial charge is 0.410 e. The molecular formula is C27H32F5N7O4. The molecular weight excluding hydrogens is 581 g/mol. The van der Waals surface area contributed by atoms with Crippen molar-refractivity contribution in [3.8, 4) is 0 Å². The first-order valence-corrected chi connectivity index (χ1v) is 13.7. The predicted molar refractivity (Wildman–Crippen MR) is 142 cm³/mol. The summed E-state index contributed by atoms with van der Waals surface area (Å²) >= 11 is 0. The van der Waals surface area contributed by atoms with Gasteiger partial charge in [0.25, 0.3) is 5.91 Å². The first-order chi connectivity index (χ1) is 20.3. The third-order valence-electron chi connectivity index (χ3n) is 7.72. The molecule has 1 aliphatic carbocycles. The van der Waals surface area contributed by atoms with E-state index in [1.54, 1.807) is 0 Å². The number of pyridine rings is 1. The Bertz CT molecular complexity index is 1290. The maximum atomic E-state index is 14.9. The maximum Gasteiger partial charge on any atom is 0.410 e. The van der Waals surface area contributed by atoms with Crippen LogP contribution in [0.2, 0.25) is 0 Å². The van der Waals surface area contributed by atoms with Gasteiger partial charge in [-0.1, -0.05) is 19.8 Å². The summed E-state index contributed by atoms with van der Waals surface area (Å²) in [6.45, 7) is 1.22. The summed E-state index contributed by atoms with van der Waals surface area (Å²) < 4.78 is 74.8. The molecule has 3 atom stereocenters. The normalized spacial score (nSPS) is 22.4. The van der Waals surface area contributed by atoms with E-state index >= 15 is 0 Å². The highest BCUT2D eigenvalue weighted by Gasteiger charge is 2.49.